The molecule has 0 aliphatic carbocycles. The molecule has 1 aromatic heterocycles. The average Bonchev–Trinajstić information content (AvgIpc) is 2.52. The van der Waals surface area contributed by atoms with E-state index in [-0.39, 0.29) is 22.8 Å². The highest BCUT2D eigenvalue weighted by molar-refractivity contribution is 6.46. The predicted octanol–water partition coefficient (Wildman–Crippen LogP) is 2.83. The number of amides is 1. The number of hydrogen-bond acceptors (Lipinski definition) is 5. The number of phenolic OH excluding ortho intramolecular Hbond substituents is 1. The Morgan fingerprint density at radius 3 is 2.54 bits per heavy atom. The van der Waals surface area contributed by atoms with Crippen molar-refractivity contribution in [2.24, 2.45) is 4.99 Å². The Balaban J connectivity index is 2.56. The van der Waals surface area contributed by atoms with Gasteiger partial charge >= 0.3 is 0 Å². The van der Waals surface area contributed by atoms with Crippen molar-refractivity contribution in [3.05, 3.63) is 48.2 Å². The fourth-order valence-corrected chi connectivity index (χ4v) is 2.05. The fraction of sp³-hybridized carbons (Fsp3) is 0.278. The number of hydrogen-bond donors (Lipinski definition) is 2. The lowest BCUT2D eigenvalue weighted by Gasteiger charge is -2.21. The molecule has 0 spiro atoms. The van der Waals surface area contributed by atoms with Crippen molar-refractivity contribution in [1.82, 2.24) is 10.3 Å². The summed E-state index contributed by atoms with van der Waals surface area (Å²) in [4.78, 5) is 21.1. The van der Waals surface area contributed by atoms with Crippen LogP contribution in [0.25, 0.3) is 0 Å². The number of para-hydroxylation sites is 1. The van der Waals surface area contributed by atoms with Crippen molar-refractivity contribution >= 4 is 17.4 Å². The number of rotatable bonds is 4. The Kier molecular flexibility index (Phi) is 5.18. The summed E-state index contributed by atoms with van der Waals surface area (Å²) >= 11 is 0. The largest absolute Gasteiger partial charge is 0.504 e. The molecular formula is C18H21N3O3. The first-order chi connectivity index (χ1) is 11.3. The van der Waals surface area contributed by atoms with Crippen LogP contribution in [0.4, 0.5) is 5.82 Å². The number of nitrogens with one attached hydrogen (secondary N) is 1. The van der Waals surface area contributed by atoms with Crippen molar-refractivity contribution in [2.75, 3.05) is 7.11 Å². The summed E-state index contributed by atoms with van der Waals surface area (Å²) in [7, 11) is 1.45. The first-order valence-electron chi connectivity index (χ1n) is 7.50. The van der Waals surface area contributed by atoms with Gasteiger partial charge in [0.2, 0.25) is 0 Å². The van der Waals surface area contributed by atoms with Gasteiger partial charge in [0.1, 0.15) is 5.71 Å². The number of carbonyl (C=O) groups is 1. The summed E-state index contributed by atoms with van der Waals surface area (Å²) in [6.45, 7) is 5.61. The maximum atomic E-state index is 12.7. The number of aromatic nitrogens is 1. The van der Waals surface area contributed by atoms with E-state index >= 15 is 0 Å². The lowest BCUT2D eigenvalue weighted by atomic mass is 10.0. The van der Waals surface area contributed by atoms with Gasteiger partial charge in [0.15, 0.2) is 17.3 Å². The Labute approximate surface area is 141 Å². The Bertz CT molecular complexity index is 750. The maximum absolute atomic E-state index is 12.7. The topological polar surface area (TPSA) is 83.8 Å². The molecule has 1 aromatic carbocycles. The molecule has 0 atom stereocenters. The minimum Gasteiger partial charge on any atom is -0.504 e. The van der Waals surface area contributed by atoms with Gasteiger partial charge in [-0.1, -0.05) is 12.1 Å². The van der Waals surface area contributed by atoms with Crippen molar-refractivity contribution in [1.29, 1.82) is 0 Å². The Morgan fingerprint density at radius 1 is 1.21 bits per heavy atom. The molecule has 0 aliphatic rings. The molecule has 24 heavy (non-hydrogen) atoms. The van der Waals surface area contributed by atoms with Crippen molar-refractivity contribution in [2.45, 2.75) is 26.3 Å². The minimum absolute atomic E-state index is 0.0695. The number of carbonyl (C=O) groups excluding carboxylic acids is 1. The van der Waals surface area contributed by atoms with Crippen LogP contribution in [-0.4, -0.2) is 34.4 Å². The number of methoxy groups -OCH3 is 1. The van der Waals surface area contributed by atoms with E-state index in [0.29, 0.717) is 5.82 Å². The second-order valence-electron chi connectivity index (χ2n) is 6.21. The summed E-state index contributed by atoms with van der Waals surface area (Å²) in [5, 5.41) is 13.2. The van der Waals surface area contributed by atoms with Gasteiger partial charge in [0, 0.05) is 11.7 Å². The maximum Gasteiger partial charge on any atom is 0.271 e. The lowest BCUT2D eigenvalue weighted by molar-refractivity contribution is -0.116. The van der Waals surface area contributed by atoms with E-state index in [1.54, 1.807) is 42.6 Å². The summed E-state index contributed by atoms with van der Waals surface area (Å²) in [6, 6.07) is 10.1. The number of benzene rings is 1. The van der Waals surface area contributed by atoms with Crippen LogP contribution in [0.15, 0.2) is 47.6 Å². The number of aliphatic imine (C=N–C) groups is 1. The Morgan fingerprint density at radius 2 is 1.96 bits per heavy atom. The van der Waals surface area contributed by atoms with Crippen LogP contribution in [0.2, 0.25) is 0 Å². The normalized spacial score (nSPS) is 11.9. The Hall–Kier alpha value is -2.89. The molecule has 1 amide bonds. The fourth-order valence-electron chi connectivity index (χ4n) is 2.05. The van der Waals surface area contributed by atoms with Gasteiger partial charge in [-0.2, -0.15) is 0 Å². The van der Waals surface area contributed by atoms with Gasteiger partial charge in [-0.3, -0.25) is 4.79 Å². The van der Waals surface area contributed by atoms with Crippen molar-refractivity contribution in [3.63, 3.8) is 0 Å². The van der Waals surface area contributed by atoms with Gasteiger partial charge in [-0.25, -0.2) is 9.98 Å². The smallest absolute Gasteiger partial charge is 0.271 e. The molecule has 126 valence electrons. The van der Waals surface area contributed by atoms with Gasteiger partial charge in [0.25, 0.3) is 5.91 Å². The zero-order chi connectivity index (χ0) is 17.7. The predicted molar refractivity (Wildman–Crippen MR) is 93.0 cm³/mol. The molecule has 0 aliphatic heterocycles. The van der Waals surface area contributed by atoms with E-state index in [4.69, 9.17) is 4.74 Å². The summed E-state index contributed by atoms with van der Waals surface area (Å²) in [5.74, 6) is 0.0963. The highest BCUT2D eigenvalue weighted by atomic mass is 16.5. The molecule has 0 bridgehead atoms. The van der Waals surface area contributed by atoms with Crippen LogP contribution >= 0.6 is 0 Å². The molecule has 2 N–H and O–H groups in total. The van der Waals surface area contributed by atoms with Gasteiger partial charge in [-0.05, 0) is 45.0 Å². The van der Waals surface area contributed by atoms with E-state index < -0.39 is 11.4 Å². The van der Waals surface area contributed by atoms with Crippen LogP contribution in [-0.2, 0) is 4.79 Å². The molecule has 2 rings (SSSR count). The first-order valence-corrected chi connectivity index (χ1v) is 7.50. The van der Waals surface area contributed by atoms with Crippen LogP contribution in [0.1, 0.15) is 26.3 Å². The molecule has 2 aromatic rings. The third-order valence-corrected chi connectivity index (χ3v) is 3.05. The van der Waals surface area contributed by atoms with Crippen LogP contribution in [0, 0.1) is 0 Å². The molecule has 6 nitrogen and oxygen atoms in total. The van der Waals surface area contributed by atoms with Crippen LogP contribution < -0.4 is 10.1 Å². The zero-order valence-electron chi connectivity index (χ0n) is 14.2. The van der Waals surface area contributed by atoms with E-state index in [0.717, 1.165) is 0 Å². The molecule has 0 radical (unpaired) electrons. The van der Waals surface area contributed by atoms with E-state index in [1.165, 1.54) is 7.11 Å². The van der Waals surface area contributed by atoms with Gasteiger partial charge in [-0.15, -0.1) is 0 Å². The summed E-state index contributed by atoms with van der Waals surface area (Å²) < 4.78 is 5.11. The monoisotopic (exact) mass is 327 g/mol. The summed E-state index contributed by atoms with van der Waals surface area (Å²) in [6.07, 6.45) is 1.59. The number of nitrogens with zero attached hydrogens (tertiary/aromatic N) is 2. The molecule has 0 saturated carbocycles. The third-order valence-electron chi connectivity index (χ3n) is 3.05. The SMILES string of the molecule is COc1cccc(C(=Nc2ccccn2)C(=O)NC(C)(C)C)c1O. The van der Waals surface area contributed by atoms with E-state index in [9.17, 15) is 9.90 Å². The number of aromatic hydroxyl groups is 1. The third kappa shape index (κ3) is 4.32. The standard InChI is InChI=1S/C18H21N3O3/c1-18(2,3)21-17(23)15(20-14-10-5-6-11-19-14)12-8-7-9-13(24-4)16(12)22/h5-11,22H,1-4H3,(H,21,23). The number of pyridine rings is 1. The van der Waals surface area contributed by atoms with E-state index in [1.807, 2.05) is 20.8 Å². The number of ether oxygens (including phenoxy) is 1. The van der Waals surface area contributed by atoms with Gasteiger partial charge in [0.05, 0.1) is 12.7 Å². The van der Waals surface area contributed by atoms with E-state index in [2.05, 4.69) is 15.3 Å². The molecule has 0 saturated heterocycles. The summed E-state index contributed by atoms with van der Waals surface area (Å²) in [5.41, 5.74) is -0.0991. The quantitative estimate of drug-likeness (QED) is 0.846. The van der Waals surface area contributed by atoms with Crippen molar-refractivity contribution < 1.29 is 14.6 Å². The second kappa shape index (κ2) is 7.12. The first kappa shape index (κ1) is 17.5. The molecule has 0 fully saturated rings. The van der Waals surface area contributed by atoms with Crippen LogP contribution in [0.5, 0.6) is 11.5 Å². The lowest BCUT2D eigenvalue weighted by Crippen LogP contribution is -2.44. The molecule has 6 heteroatoms. The number of phenols is 1. The minimum atomic E-state index is -0.448. The second-order valence-corrected chi connectivity index (χ2v) is 6.21. The zero-order valence-corrected chi connectivity index (χ0v) is 14.2. The highest BCUT2D eigenvalue weighted by Crippen LogP contribution is 2.30. The molecule has 1 heterocycles. The van der Waals surface area contributed by atoms with Gasteiger partial charge < -0.3 is 15.2 Å². The van der Waals surface area contributed by atoms with Crippen LogP contribution in [0.3, 0.4) is 0 Å². The molecule has 0 unspecified atom stereocenters. The highest BCUT2D eigenvalue weighted by Gasteiger charge is 2.23. The van der Waals surface area contributed by atoms with Crippen molar-refractivity contribution in [3.8, 4) is 11.5 Å². The molecular weight excluding hydrogens is 306 g/mol. The average molecular weight is 327 g/mol.